The van der Waals surface area contributed by atoms with Crippen molar-refractivity contribution in [3.05, 3.63) is 76.4 Å². The molecule has 2 heterocycles. The number of nitrogens with one attached hydrogen (secondary N) is 2. The topological polar surface area (TPSA) is 102 Å². The van der Waals surface area contributed by atoms with Gasteiger partial charge in [0.2, 0.25) is 5.91 Å². The van der Waals surface area contributed by atoms with Crippen molar-refractivity contribution in [2.75, 3.05) is 11.1 Å². The monoisotopic (exact) mass is 534 g/mol. The average molecular weight is 535 g/mol. The first-order chi connectivity index (χ1) is 17.7. The summed E-state index contributed by atoms with van der Waals surface area (Å²) >= 11 is 2.74. The molecule has 0 aliphatic rings. The summed E-state index contributed by atoms with van der Waals surface area (Å²) < 4.78 is 1.83. The van der Waals surface area contributed by atoms with E-state index in [2.05, 4.69) is 25.8 Å². The molecule has 2 amide bonds. The van der Waals surface area contributed by atoms with Crippen LogP contribution in [-0.2, 0) is 11.8 Å². The van der Waals surface area contributed by atoms with E-state index in [4.69, 9.17) is 0 Å². The molecule has 4 aromatic rings. The minimum absolute atomic E-state index is 0.0877. The van der Waals surface area contributed by atoms with Gasteiger partial charge in [-0.2, -0.15) is 0 Å². The van der Waals surface area contributed by atoms with E-state index in [9.17, 15) is 9.59 Å². The molecule has 0 fully saturated rings. The Morgan fingerprint density at radius 1 is 1.05 bits per heavy atom. The van der Waals surface area contributed by atoms with Gasteiger partial charge in [0.15, 0.2) is 16.1 Å². The molecular formula is C27H30N6O2S2. The summed E-state index contributed by atoms with van der Waals surface area (Å²) in [7, 11) is 1.85. The highest BCUT2D eigenvalue weighted by atomic mass is 32.2. The molecule has 2 N–H and O–H groups in total. The molecule has 0 saturated carbocycles. The van der Waals surface area contributed by atoms with Gasteiger partial charge in [-0.3, -0.25) is 9.59 Å². The van der Waals surface area contributed by atoms with Gasteiger partial charge in [-0.1, -0.05) is 73.6 Å². The second-order valence-electron chi connectivity index (χ2n) is 9.09. The van der Waals surface area contributed by atoms with Crippen molar-refractivity contribution in [2.45, 2.75) is 38.9 Å². The second-order valence-corrected chi connectivity index (χ2v) is 11.2. The number of aromatic nitrogens is 4. The van der Waals surface area contributed by atoms with Crippen LogP contribution in [0.5, 0.6) is 0 Å². The molecule has 1 atom stereocenters. The third kappa shape index (κ3) is 6.44. The highest BCUT2D eigenvalue weighted by Crippen LogP contribution is 2.30. The SMILES string of the molecule is Cc1cccc(C(=O)N[C@H](c2nnc(SCC(=O)Nc3nc(-c4ccccc4)c(C)s3)n2C)C(C)C)c1. The van der Waals surface area contributed by atoms with Gasteiger partial charge in [0.1, 0.15) is 0 Å². The van der Waals surface area contributed by atoms with Crippen LogP contribution in [0, 0.1) is 19.8 Å². The molecule has 8 nitrogen and oxygen atoms in total. The number of hydrogen-bond acceptors (Lipinski definition) is 7. The number of hydrogen-bond donors (Lipinski definition) is 2. The molecule has 37 heavy (non-hydrogen) atoms. The highest BCUT2D eigenvalue weighted by molar-refractivity contribution is 7.99. The van der Waals surface area contributed by atoms with Crippen LogP contribution in [0.25, 0.3) is 11.3 Å². The number of nitrogens with zero attached hydrogens (tertiary/aromatic N) is 4. The first-order valence-corrected chi connectivity index (χ1v) is 13.8. The Hall–Kier alpha value is -3.50. The van der Waals surface area contributed by atoms with Gasteiger partial charge in [0.25, 0.3) is 5.91 Å². The van der Waals surface area contributed by atoms with Crippen molar-refractivity contribution in [3.63, 3.8) is 0 Å². The number of thioether (sulfide) groups is 1. The Labute approximate surface area is 224 Å². The highest BCUT2D eigenvalue weighted by Gasteiger charge is 2.25. The van der Waals surface area contributed by atoms with Gasteiger partial charge in [-0.25, -0.2) is 4.98 Å². The summed E-state index contributed by atoms with van der Waals surface area (Å²) in [4.78, 5) is 31.2. The van der Waals surface area contributed by atoms with Crippen LogP contribution in [0.15, 0.2) is 59.8 Å². The van der Waals surface area contributed by atoms with E-state index in [1.807, 2.05) is 87.8 Å². The van der Waals surface area contributed by atoms with Gasteiger partial charge in [-0.15, -0.1) is 21.5 Å². The lowest BCUT2D eigenvalue weighted by molar-refractivity contribution is -0.113. The molecule has 2 aromatic heterocycles. The molecular weight excluding hydrogens is 504 g/mol. The first kappa shape index (κ1) is 26.6. The molecule has 0 aliphatic heterocycles. The number of carbonyl (C=O) groups excluding carboxylic acids is 2. The molecule has 0 bridgehead atoms. The quantitative estimate of drug-likeness (QED) is 0.278. The van der Waals surface area contributed by atoms with Crippen LogP contribution in [0.2, 0.25) is 0 Å². The van der Waals surface area contributed by atoms with Crippen molar-refractivity contribution in [3.8, 4) is 11.3 Å². The maximum absolute atomic E-state index is 12.9. The lowest BCUT2D eigenvalue weighted by atomic mass is 10.0. The van der Waals surface area contributed by atoms with Crippen LogP contribution in [0.4, 0.5) is 5.13 Å². The Morgan fingerprint density at radius 3 is 2.51 bits per heavy atom. The number of rotatable bonds is 9. The molecule has 0 spiro atoms. The summed E-state index contributed by atoms with van der Waals surface area (Å²) in [5, 5.41) is 15.8. The molecule has 0 aliphatic carbocycles. The molecule has 2 aromatic carbocycles. The van der Waals surface area contributed by atoms with E-state index in [-0.39, 0.29) is 29.5 Å². The Morgan fingerprint density at radius 2 is 1.81 bits per heavy atom. The molecule has 0 unspecified atom stereocenters. The number of carbonyl (C=O) groups is 2. The standard InChI is InChI=1S/C27H30N6O2S2/c1-16(2)22(29-25(35)20-13-9-10-17(3)14-20)24-31-32-27(33(24)5)36-15-21(34)28-26-30-23(18(4)37-26)19-11-7-6-8-12-19/h6-14,16,22H,15H2,1-5H3,(H,29,35)(H,28,30,34)/t22-/m0/s1. The van der Waals surface area contributed by atoms with Crippen molar-refractivity contribution in [2.24, 2.45) is 13.0 Å². The van der Waals surface area contributed by atoms with E-state index < -0.39 is 0 Å². The predicted octanol–water partition coefficient (Wildman–Crippen LogP) is 5.41. The van der Waals surface area contributed by atoms with Crippen molar-refractivity contribution >= 4 is 40.0 Å². The van der Waals surface area contributed by atoms with Gasteiger partial charge >= 0.3 is 0 Å². The van der Waals surface area contributed by atoms with E-state index in [1.165, 1.54) is 23.1 Å². The summed E-state index contributed by atoms with van der Waals surface area (Å²) in [6.45, 7) is 8.00. The Balaban J connectivity index is 1.39. The maximum atomic E-state index is 12.9. The number of anilines is 1. The fraction of sp³-hybridized carbons (Fsp3) is 0.296. The number of amides is 2. The number of benzene rings is 2. The van der Waals surface area contributed by atoms with E-state index >= 15 is 0 Å². The maximum Gasteiger partial charge on any atom is 0.251 e. The first-order valence-electron chi connectivity index (χ1n) is 11.9. The minimum Gasteiger partial charge on any atom is -0.342 e. The van der Waals surface area contributed by atoms with E-state index in [0.29, 0.717) is 21.7 Å². The largest absolute Gasteiger partial charge is 0.342 e. The predicted molar refractivity (Wildman–Crippen MR) is 149 cm³/mol. The zero-order chi connectivity index (χ0) is 26.5. The molecule has 0 saturated heterocycles. The fourth-order valence-electron chi connectivity index (χ4n) is 3.86. The molecule has 0 radical (unpaired) electrons. The second kappa shape index (κ2) is 11.7. The van der Waals surface area contributed by atoms with Crippen molar-refractivity contribution in [1.82, 2.24) is 25.1 Å². The zero-order valence-corrected chi connectivity index (χ0v) is 23.1. The Kier molecular flexibility index (Phi) is 8.40. The summed E-state index contributed by atoms with van der Waals surface area (Å²) in [6, 6.07) is 17.0. The summed E-state index contributed by atoms with van der Waals surface area (Å²) in [6.07, 6.45) is 0. The zero-order valence-electron chi connectivity index (χ0n) is 21.5. The van der Waals surface area contributed by atoms with E-state index in [1.54, 1.807) is 6.07 Å². The molecule has 4 rings (SSSR count). The van der Waals surface area contributed by atoms with Gasteiger partial charge in [0, 0.05) is 23.1 Å². The molecule has 192 valence electrons. The van der Waals surface area contributed by atoms with Crippen LogP contribution < -0.4 is 10.6 Å². The van der Waals surface area contributed by atoms with Crippen molar-refractivity contribution < 1.29 is 9.59 Å². The van der Waals surface area contributed by atoms with Crippen molar-refractivity contribution in [1.29, 1.82) is 0 Å². The van der Waals surface area contributed by atoms with Gasteiger partial charge < -0.3 is 15.2 Å². The molecule has 10 heteroatoms. The normalized spacial score (nSPS) is 11.9. The fourth-order valence-corrected chi connectivity index (χ4v) is 5.43. The van der Waals surface area contributed by atoms with Crippen LogP contribution in [0.1, 0.15) is 46.5 Å². The van der Waals surface area contributed by atoms with Crippen LogP contribution in [-0.4, -0.2) is 37.3 Å². The average Bonchev–Trinajstić information content (AvgIpc) is 3.42. The van der Waals surface area contributed by atoms with Crippen LogP contribution >= 0.6 is 23.1 Å². The minimum atomic E-state index is -0.330. The third-order valence-corrected chi connectivity index (χ3v) is 7.71. The van der Waals surface area contributed by atoms with Gasteiger partial charge in [-0.05, 0) is 31.9 Å². The smallest absolute Gasteiger partial charge is 0.251 e. The summed E-state index contributed by atoms with van der Waals surface area (Å²) in [5.74, 6) is 0.558. The Bertz CT molecular complexity index is 1400. The third-order valence-electron chi connectivity index (χ3n) is 5.80. The summed E-state index contributed by atoms with van der Waals surface area (Å²) in [5.41, 5.74) is 3.52. The number of thiazole rings is 1. The van der Waals surface area contributed by atoms with Gasteiger partial charge in [0.05, 0.1) is 17.5 Å². The van der Waals surface area contributed by atoms with E-state index in [0.717, 1.165) is 21.7 Å². The lowest BCUT2D eigenvalue weighted by Crippen LogP contribution is -2.33. The lowest BCUT2D eigenvalue weighted by Gasteiger charge is -2.21. The van der Waals surface area contributed by atoms with Crippen LogP contribution in [0.3, 0.4) is 0 Å². The number of aryl methyl sites for hydroxylation is 2.